The van der Waals surface area contributed by atoms with Crippen LogP contribution in [-0.4, -0.2) is 47.0 Å². The van der Waals surface area contributed by atoms with Crippen LogP contribution in [0.15, 0.2) is 6.07 Å². The van der Waals surface area contributed by atoms with Crippen molar-refractivity contribution in [1.82, 2.24) is 14.9 Å². The van der Waals surface area contributed by atoms with E-state index in [0.29, 0.717) is 5.82 Å². The highest BCUT2D eigenvalue weighted by Crippen LogP contribution is 2.23. The first-order valence-electron chi connectivity index (χ1n) is 7.46. The van der Waals surface area contributed by atoms with Crippen LogP contribution in [0.25, 0.3) is 0 Å². The SMILES string of the molecule is CCNc1cc(NC2CCN(C)C2=O)nc(C(C)(C)C)n1. The molecule has 1 aliphatic heterocycles. The largest absolute Gasteiger partial charge is 0.370 e. The van der Waals surface area contributed by atoms with Gasteiger partial charge in [0.25, 0.3) is 0 Å². The van der Waals surface area contributed by atoms with E-state index in [-0.39, 0.29) is 17.4 Å². The standard InChI is InChI=1S/C15H25N5O/c1-6-16-11-9-12(19-14(18-11)15(2,3)4)17-10-7-8-20(5)13(10)21/h9-10H,6-8H2,1-5H3,(H2,16,17,18,19). The quantitative estimate of drug-likeness (QED) is 0.886. The molecule has 116 valence electrons. The average Bonchev–Trinajstić information content (AvgIpc) is 2.70. The minimum absolute atomic E-state index is 0.121. The smallest absolute Gasteiger partial charge is 0.244 e. The lowest BCUT2D eigenvalue weighted by molar-refractivity contribution is -0.127. The molecule has 6 nitrogen and oxygen atoms in total. The molecule has 1 saturated heterocycles. The maximum absolute atomic E-state index is 12.0. The number of rotatable bonds is 4. The van der Waals surface area contributed by atoms with Crippen molar-refractivity contribution in [2.45, 2.75) is 45.6 Å². The second-order valence-corrected chi connectivity index (χ2v) is 6.49. The van der Waals surface area contributed by atoms with Crippen molar-refractivity contribution < 1.29 is 4.79 Å². The van der Waals surface area contributed by atoms with E-state index in [4.69, 9.17) is 0 Å². The van der Waals surface area contributed by atoms with Crippen LogP contribution in [0, 0.1) is 0 Å². The molecule has 0 aromatic carbocycles. The molecule has 0 saturated carbocycles. The summed E-state index contributed by atoms with van der Waals surface area (Å²) in [5.74, 6) is 2.39. The minimum Gasteiger partial charge on any atom is -0.370 e. The molecule has 1 aromatic heterocycles. The number of aromatic nitrogens is 2. The van der Waals surface area contributed by atoms with E-state index in [1.54, 1.807) is 4.90 Å². The fourth-order valence-corrected chi connectivity index (χ4v) is 2.26. The summed E-state index contributed by atoms with van der Waals surface area (Å²) in [5.41, 5.74) is -0.141. The molecule has 21 heavy (non-hydrogen) atoms. The van der Waals surface area contributed by atoms with Crippen molar-refractivity contribution in [2.24, 2.45) is 0 Å². The molecule has 1 aromatic rings. The molecule has 1 atom stereocenters. The highest BCUT2D eigenvalue weighted by molar-refractivity contribution is 5.86. The topological polar surface area (TPSA) is 70.2 Å². The van der Waals surface area contributed by atoms with Gasteiger partial charge in [0.05, 0.1) is 0 Å². The molecule has 6 heteroatoms. The molecule has 2 rings (SSSR count). The fraction of sp³-hybridized carbons (Fsp3) is 0.667. The summed E-state index contributed by atoms with van der Waals surface area (Å²) in [6.45, 7) is 9.85. The lowest BCUT2D eigenvalue weighted by Gasteiger charge is -2.20. The van der Waals surface area contributed by atoms with Gasteiger partial charge in [-0.3, -0.25) is 4.79 Å². The molecule has 1 amide bonds. The minimum atomic E-state index is -0.188. The number of anilines is 2. The zero-order chi connectivity index (χ0) is 15.6. The Kier molecular flexibility index (Phi) is 4.34. The van der Waals surface area contributed by atoms with E-state index in [1.807, 2.05) is 20.0 Å². The lowest BCUT2D eigenvalue weighted by Crippen LogP contribution is -2.31. The van der Waals surface area contributed by atoms with E-state index >= 15 is 0 Å². The van der Waals surface area contributed by atoms with Gasteiger partial charge >= 0.3 is 0 Å². The van der Waals surface area contributed by atoms with Gasteiger partial charge in [0.2, 0.25) is 5.91 Å². The van der Waals surface area contributed by atoms with E-state index in [2.05, 4.69) is 41.4 Å². The second kappa shape index (κ2) is 5.87. The molecule has 1 unspecified atom stereocenters. The number of hydrogen-bond acceptors (Lipinski definition) is 5. The number of carbonyl (C=O) groups is 1. The van der Waals surface area contributed by atoms with Crippen LogP contribution in [0.5, 0.6) is 0 Å². The maximum atomic E-state index is 12.0. The lowest BCUT2D eigenvalue weighted by atomic mass is 9.96. The Hall–Kier alpha value is -1.85. The summed E-state index contributed by atoms with van der Waals surface area (Å²) >= 11 is 0. The number of likely N-dealkylation sites (N-methyl/N-ethyl adjacent to an activating group) is 1. The van der Waals surface area contributed by atoms with Gasteiger partial charge < -0.3 is 15.5 Å². The Morgan fingerprint density at radius 1 is 1.33 bits per heavy atom. The Morgan fingerprint density at radius 2 is 2.00 bits per heavy atom. The summed E-state index contributed by atoms with van der Waals surface area (Å²) in [5, 5.41) is 6.47. The number of amides is 1. The molecule has 2 N–H and O–H groups in total. The van der Waals surface area contributed by atoms with E-state index < -0.39 is 0 Å². The molecule has 2 heterocycles. The van der Waals surface area contributed by atoms with Crippen LogP contribution in [0.3, 0.4) is 0 Å². The highest BCUT2D eigenvalue weighted by atomic mass is 16.2. The van der Waals surface area contributed by atoms with Crippen molar-refractivity contribution in [2.75, 3.05) is 30.8 Å². The third-order valence-corrected chi connectivity index (χ3v) is 3.50. The summed E-state index contributed by atoms with van der Waals surface area (Å²) in [6, 6.07) is 1.68. The summed E-state index contributed by atoms with van der Waals surface area (Å²) in [7, 11) is 1.83. The molecular weight excluding hydrogens is 266 g/mol. The first-order chi connectivity index (χ1) is 9.81. The van der Waals surface area contributed by atoms with Crippen LogP contribution >= 0.6 is 0 Å². The van der Waals surface area contributed by atoms with Gasteiger partial charge in [-0.15, -0.1) is 0 Å². The number of nitrogens with zero attached hydrogens (tertiary/aromatic N) is 3. The van der Waals surface area contributed by atoms with Gasteiger partial charge in [-0.25, -0.2) is 9.97 Å². The molecule has 0 bridgehead atoms. The zero-order valence-corrected chi connectivity index (χ0v) is 13.5. The number of nitrogens with one attached hydrogen (secondary N) is 2. The second-order valence-electron chi connectivity index (χ2n) is 6.49. The number of carbonyl (C=O) groups excluding carboxylic acids is 1. The Morgan fingerprint density at radius 3 is 2.52 bits per heavy atom. The Balaban J connectivity index is 2.26. The third-order valence-electron chi connectivity index (χ3n) is 3.50. The summed E-state index contributed by atoms with van der Waals surface area (Å²) < 4.78 is 0. The first-order valence-corrected chi connectivity index (χ1v) is 7.46. The Labute approximate surface area is 126 Å². The monoisotopic (exact) mass is 291 g/mol. The van der Waals surface area contributed by atoms with Crippen molar-refractivity contribution in [3.8, 4) is 0 Å². The van der Waals surface area contributed by atoms with Gasteiger partial charge in [-0.05, 0) is 13.3 Å². The summed E-state index contributed by atoms with van der Waals surface area (Å²) in [6.07, 6.45) is 0.806. The molecule has 0 radical (unpaired) electrons. The highest BCUT2D eigenvalue weighted by Gasteiger charge is 2.29. The van der Waals surface area contributed by atoms with Crippen molar-refractivity contribution in [1.29, 1.82) is 0 Å². The number of likely N-dealkylation sites (tertiary alicyclic amines) is 1. The molecule has 0 aliphatic carbocycles. The van der Waals surface area contributed by atoms with Crippen LogP contribution < -0.4 is 10.6 Å². The number of hydrogen-bond donors (Lipinski definition) is 2. The van der Waals surface area contributed by atoms with Crippen LogP contribution in [0.2, 0.25) is 0 Å². The first kappa shape index (κ1) is 15.5. The average molecular weight is 291 g/mol. The van der Waals surface area contributed by atoms with Gasteiger partial charge in [0.15, 0.2) is 0 Å². The maximum Gasteiger partial charge on any atom is 0.244 e. The molecule has 1 fully saturated rings. The zero-order valence-electron chi connectivity index (χ0n) is 13.5. The van der Waals surface area contributed by atoms with Crippen LogP contribution in [0.1, 0.15) is 39.9 Å². The molecular formula is C15H25N5O. The molecule has 0 spiro atoms. The van der Waals surface area contributed by atoms with E-state index in [0.717, 1.165) is 31.2 Å². The summed E-state index contributed by atoms with van der Waals surface area (Å²) in [4.78, 5) is 22.9. The van der Waals surface area contributed by atoms with Gasteiger partial charge in [0.1, 0.15) is 23.5 Å². The van der Waals surface area contributed by atoms with Gasteiger partial charge in [-0.1, -0.05) is 20.8 Å². The normalized spacial score (nSPS) is 19.0. The molecule has 1 aliphatic rings. The Bertz CT molecular complexity index is 523. The van der Waals surface area contributed by atoms with Crippen molar-refractivity contribution in [3.05, 3.63) is 11.9 Å². The predicted molar refractivity (Wildman–Crippen MR) is 84.6 cm³/mol. The van der Waals surface area contributed by atoms with Gasteiger partial charge in [0, 0.05) is 31.6 Å². The van der Waals surface area contributed by atoms with Crippen LogP contribution in [-0.2, 0) is 10.2 Å². The fourth-order valence-electron chi connectivity index (χ4n) is 2.26. The van der Waals surface area contributed by atoms with E-state index in [1.165, 1.54) is 0 Å². The van der Waals surface area contributed by atoms with Crippen molar-refractivity contribution in [3.63, 3.8) is 0 Å². The third kappa shape index (κ3) is 3.62. The van der Waals surface area contributed by atoms with Gasteiger partial charge in [-0.2, -0.15) is 0 Å². The predicted octanol–water partition coefficient (Wildman–Crippen LogP) is 1.85. The van der Waals surface area contributed by atoms with E-state index in [9.17, 15) is 4.79 Å². The van der Waals surface area contributed by atoms with Crippen LogP contribution in [0.4, 0.5) is 11.6 Å². The van der Waals surface area contributed by atoms with Crippen molar-refractivity contribution >= 4 is 17.5 Å².